The number of carbonyl (C=O) groups excluding carboxylic acids is 3. The smallest absolute Gasteiger partial charge is 0.263 e. The van der Waals surface area contributed by atoms with E-state index in [1.807, 2.05) is 42.6 Å². The van der Waals surface area contributed by atoms with E-state index in [0.29, 0.717) is 37.1 Å². The predicted octanol–water partition coefficient (Wildman–Crippen LogP) is 3.03. The van der Waals surface area contributed by atoms with Gasteiger partial charge in [0, 0.05) is 50.3 Å². The maximum Gasteiger partial charge on any atom is 0.263 e. The van der Waals surface area contributed by atoms with Crippen molar-refractivity contribution in [1.82, 2.24) is 9.80 Å². The van der Waals surface area contributed by atoms with Crippen LogP contribution in [0.2, 0.25) is 0 Å². The van der Waals surface area contributed by atoms with E-state index < -0.39 is 0 Å². The zero-order chi connectivity index (χ0) is 23.2. The Morgan fingerprint density at radius 2 is 1.88 bits per heavy atom. The summed E-state index contributed by atoms with van der Waals surface area (Å²) in [7, 11) is 0. The van der Waals surface area contributed by atoms with Crippen LogP contribution >= 0.6 is 11.8 Å². The number of rotatable bonds is 3. The normalized spacial score (nSPS) is 27.6. The molecule has 0 aromatic heterocycles. The Hall–Kier alpha value is -2.06. The highest BCUT2D eigenvalue weighted by atomic mass is 32.2. The molecule has 0 radical (unpaired) electrons. The van der Waals surface area contributed by atoms with Crippen molar-refractivity contribution in [2.24, 2.45) is 5.92 Å². The number of fused-ring (bicyclic) bond motifs is 1. The summed E-state index contributed by atoms with van der Waals surface area (Å²) in [5.41, 5.74) is 1.44. The summed E-state index contributed by atoms with van der Waals surface area (Å²) in [5, 5.41) is 0. The molecule has 4 aliphatic heterocycles. The molecule has 4 aliphatic rings. The minimum atomic E-state index is -0.353. The third-order valence-corrected chi connectivity index (χ3v) is 8.34. The van der Waals surface area contributed by atoms with Crippen LogP contribution in [0.3, 0.4) is 0 Å². The van der Waals surface area contributed by atoms with Gasteiger partial charge in [-0.05, 0) is 51.7 Å². The molecule has 3 saturated heterocycles. The minimum absolute atomic E-state index is 0.0580. The summed E-state index contributed by atoms with van der Waals surface area (Å²) in [4.78, 5) is 45.7. The van der Waals surface area contributed by atoms with E-state index in [1.54, 1.807) is 6.07 Å². The van der Waals surface area contributed by atoms with Gasteiger partial charge in [0.1, 0.15) is 0 Å². The van der Waals surface area contributed by atoms with E-state index in [9.17, 15) is 14.4 Å². The number of ether oxygens (including phenoxy) is 1. The van der Waals surface area contributed by atoms with E-state index in [2.05, 4.69) is 4.90 Å². The molecule has 0 N–H and O–H groups in total. The molecule has 1 aromatic rings. The van der Waals surface area contributed by atoms with Crippen LogP contribution in [0.5, 0.6) is 0 Å². The van der Waals surface area contributed by atoms with Gasteiger partial charge in [0.2, 0.25) is 5.91 Å². The SMILES string of the molecule is CC1(C)CC(N2C(=O)c3cccc(N4CCCC(C(=O)N5CCSCC5)C4)c3C2=O)CCO1. The quantitative estimate of drug-likeness (QED) is 0.631. The Kier molecular flexibility index (Phi) is 6.16. The van der Waals surface area contributed by atoms with Crippen molar-refractivity contribution < 1.29 is 19.1 Å². The summed E-state index contributed by atoms with van der Waals surface area (Å²) in [6.45, 7) is 7.60. The highest BCUT2D eigenvalue weighted by Gasteiger charge is 2.45. The standard InChI is InChI=1S/C25H33N3O4S/c1-25(2)15-18(8-12-32-25)28-23(30)19-6-3-7-20(21(19)24(28)31)27-9-4-5-17(16-27)22(29)26-10-13-33-14-11-26/h3,6-7,17-18H,4-5,8-16H2,1-2H3. The zero-order valence-electron chi connectivity index (χ0n) is 19.5. The molecule has 8 heteroatoms. The molecule has 0 bridgehead atoms. The van der Waals surface area contributed by atoms with Crippen molar-refractivity contribution in [1.29, 1.82) is 0 Å². The Morgan fingerprint density at radius 3 is 2.64 bits per heavy atom. The molecule has 0 spiro atoms. The number of benzene rings is 1. The van der Waals surface area contributed by atoms with Crippen molar-refractivity contribution in [2.45, 2.75) is 51.2 Å². The lowest BCUT2D eigenvalue weighted by Crippen LogP contribution is -2.48. The number of imide groups is 1. The molecular formula is C25H33N3O4S. The molecule has 4 heterocycles. The Morgan fingerprint density at radius 1 is 1.09 bits per heavy atom. The summed E-state index contributed by atoms with van der Waals surface area (Å²) in [5.74, 6) is 1.79. The minimum Gasteiger partial charge on any atom is -0.375 e. The van der Waals surface area contributed by atoms with Crippen LogP contribution in [0, 0.1) is 5.92 Å². The average Bonchev–Trinajstić information content (AvgIpc) is 3.08. The fourth-order valence-electron chi connectivity index (χ4n) is 5.74. The van der Waals surface area contributed by atoms with Crippen LogP contribution in [0.1, 0.15) is 60.2 Å². The molecule has 7 nitrogen and oxygen atoms in total. The predicted molar refractivity (Wildman–Crippen MR) is 129 cm³/mol. The first kappa shape index (κ1) is 22.7. The molecule has 5 rings (SSSR count). The zero-order valence-corrected chi connectivity index (χ0v) is 20.4. The van der Waals surface area contributed by atoms with Gasteiger partial charge >= 0.3 is 0 Å². The van der Waals surface area contributed by atoms with Gasteiger partial charge in [-0.3, -0.25) is 19.3 Å². The number of thioether (sulfide) groups is 1. The monoisotopic (exact) mass is 471 g/mol. The molecule has 2 unspecified atom stereocenters. The first-order chi connectivity index (χ1) is 15.9. The number of amides is 3. The maximum absolute atomic E-state index is 13.6. The Labute approximate surface area is 199 Å². The van der Waals surface area contributed by atoms with Crippen molar-refractivity contribution in [3.8, 4) is 0 Å². The van der Waals surface area contributed by atoms with Gasteiger partial charge in [-0.15, -0.1) is 0 Å². The number of nitrogens with zero attached hydrogens (tertiary/aromatic N) is 3. The van der Waals surface area contributed by atoms with Gasteiger partial charge in [-0.2, -0.15) is 11.8 Å². The van der Waals surface area contributed by atoms with E-state index >= 15 is 0 Å². The van der Waals surface area contributed by atoms with Crippen molar-refractivity contribution in [2.75, 3.05) is 49.2 Å². The van der Waals surface area contributed by atoms with Crippen LogP contribution < -0.4 is 4.90 Å². The molecule has 1 aromatic carbocycles. The molecule has 33 heavy (non-hydrogen) atoms. The molecule has 3 fully saturated rings. The Balaban J connectivity index is 1.38. The van der Waals surface area contributed by atoms with Crippen molar-refractivity contribution in [3.05, 3.63) is 29.3 Å². The van der Waals surface area contributed by atoms with Gasteiger partial charge < -0.3 is 14.5 Å². The molecule has 0 saturated carbocycles. The van der Waals surface area contributed by atoms with Gasteiger partial charge in [-0.25, -0.2) is 0 Å². The number of carbonyl (C=O) groups is 3. The van der Waals surface area contributed by atoms with Crippen LogP contribution in [-0.4, -0.2) is 83.5 Å². The van der Waals surface area contributed by atoms with E-state index in [0.717, 1.165) is 49.7 Å². The summed E-state index contributed by atoms with van der Waals surface area (Å²) < 4.78 is 5.81. The van der Waals surface area contributed by atoms with Gasteiger partial charge in [-0.1, -0.05) is 6.07 Å². The van der Waals surface area contributed by atoms with Crippen LogP contribution in [0.15, 0.2) is 18.2 Å². The van der Waals surface area contributed by atoms with Gasteiger partial charge in [0.25, 0.3) is 11.8 Å². The second-order valence-electron chi connectivity index (χ2n) is 10.2. The number of anilines is 1. The second-order valence-corrected chi connectivity index (χ2v) is 11.4. The molecular weight excluding hydrogens is 438 g/mol. The van der Waals surface area contributed by atoms with Crippen LogP contribution in [-0.2, 0) is 9.53 Å². The number of hydrogen-bond acceptors (Lipinski definition) is 6. The summed E-state index contributed by atoms with van der Waals surface area (Å²) in [6, 6.07) is 5.42. The lowest BCUT2D eigenvalue weighted by molar-refractivity contribution is -0.135. The highest BCUT2D eigenvalue weighted by Crippen LogP contribution is 2.38. The maximum atomic E-state index is 13.6. The molecule has 0 aliphatic carbocycles. The van der Waals surface area contributed by atoms with E-state index in [1.165, 1.54) is 4.90 Å². The lowest BCUT2D eigenvalue weighted by Gasteiger charge is -2.39. The van der Waals surface area contributed by atoms with Crippen LogP contribution in [0.25, 0.3) is 0 Å². The first-order valence-electron chi connectivity index (χ1n) is 12.1. The second kappa shape index (κ2) is 8.95. The third-order valence-electron chi connectivity index (χ3n) is 7.39. The fourth-order valence-corrected chi connectivity index (χ4v) is 6.64. The largest absolute Gasteiger partial charge is 0.375 e. The summed E-state index contributed by atoms with van der Waals surface area (Å²) >= 11 is 1.90. The molecule has 2 atom stereocenters. The third kappa shape index (κ3) is 4.28. The molecule has 178 valence electrons. The molecule has 3 amide bonds. The van der Waals surface area contributed by atoms with Crippen molar-refractivity contribution in [3.63, 3.8) is 0 Å². The van der Waals surface area contributed by atoms with E-state index in [-0.39, 0.29) is 35.3 Å². The topological polar surface area (TPSA) is 70.2 Å². The van der Waals surface area contributed by atoms with Gasteiger partial charge in [0.05, 0.1) is 28.3 Å². The lowest BCUT2D eigenvalue weighted by atomic mass is 9.93. The van der Waals surface area contributed by atoms with Gasteiger partial charge in [0.15, 0.2) is 0 Å². The highest BCUT2D eigenvalue weighted by molar-refractivity contribution is 7.99. The van der Waals surface area contributed by atoms with Crippen LogP contribution in [0.4, 0.5) is 5.69 Å². The summed E-state index contributed by atoms with van der Waals surface area (Å²) in [6.07, 6.45) is 3.09. The van der Waals surface area contributed by atoms with E-state index in [4.69, 9.17) is 4.74 Å². The average molecular weight is 472 g/mol. The van der Waals surface area contributed by atoms with Crippen molar-refractivity contribution >= 4 is 35.2 Å². The number of piperidine rings is 1. The number of hydrogen-bond donors (Lipinski definition) is 0. The fraction of sp³-hybridized carbons (Fsp3) is 0.640. The Bertz CT molecular complexity index is 959. The first-order valence-corrected chi connectivity index (χ1v) is 13.3.